The van der Waals surface area contributed by atoms with Crippen LogP contribution in [0.5, 0.6) is 0 Å². The van der Waals surface area contributed by atoms with Crippen LogP contribution in [0.25, 0.3) is 16.9 Å². The van der Waals surface area contributed by atoms with Crippen LogP contribution in [0.2, 0.25) is 0 Å². The third kappa shape index (κ3) is 3.44. The maximum atomic E-state index is 12.0. The van der Waals surface area contributed by atoms with E-state index in [2.05, 4.69) is 49.9 Å². The van der Waals surface area contributed by atoms with E-state index in [4.69, 9.17) is 10.1 Å². The zero-order valence-electron chi connectivity index (χ0n) is 18.4. The summed E-state index contributed by atoms with van der Waals surface area (Å²) in [5, 5.41) is 14.8. The molecule has 2 aromatic heterocycles. The molecule has 1 N–H and O–H groups in total. The van der Waals surface area contributed by atoms with Crippen LogP contribution in [0.3, 0.4) is 0 Å². The van der Waals surface area contributed by atoms with Gasteiger partial charge < -0.3 is 10.0 Å². The average Bonchev–Trinajstić information content (AvgIpc) is 3.10. The first-order valence-electron chi connectivity index (χ1n) is 10.7. The minimum atomic E-state index is -0.761. The van der Waals surface area contributed by atoms with E-state index in [1.165, 1.54) is 5.56 Å². The molecule has 4 rings (SSSR count). The molecule has 30 heavy (non-hydrogen) atoms. The SMILES string of the molecule is Cc1ccc(-c2cc3nc(C)c(C(C)C)c(N4CCCC(C)(C(=O)O)C4)n3n2)cc1. The molecule has 1 aliphatic rings. The number of anilines is 1. The maximum Gasteiger partial charge on any atom is 0.311 e. The summed E-state index contributed by atoms with van der Waals surface area (Å²) in [6.45, 7) is 11.6. The molecular weight excluding hydrogens is 376 g/mol. The largest absolute Gasteiger partial charge is 0.481 e. The molecule has 1 saturated heterocycles. The highest BCUT2D eigenvalue weighted by atomic mass is 16.4. The van der Waals surface area contributed by atoms with Crippen LogP contribution in [0.4, 0.5) is 5.82 Å². The average molecular weight is 407 g/mol. The van der Waals surface area contributed by atoms with Gasteiger partial charge in [0.1, 0.15) is 5.82 Å². The van der Waals surface area contributed by atoms with Gasteiger partial charge in [0.2, 0.25) is 0 Å². The lowest BCUT2D eigenvalue weighted by atomic mass is 9.81. The number of hydrogen-bond donors (Lipinski definition) is 1. The van der Waals surface area contributed by atoms with E-state index >= 15 is 0 Å². The molecule has 1 unspecified atom stereocenters. The highest BCUT2D eigenvalue weighted by Gasteiger charge is 2.39. The highest BCUT2D eigenvalue weighted by Crippen LogP contribution is 2.37. The normalized spacial score (nSPS) is 19.6. The maximum absolute atomic E-state index is 12.0. The van der Waals surface area contributed by atoms with E-state index in [0.717, 1.165) is 46.9 Å². The molecule has 0 aliphatic carbocycles. The topological polar surface area (TPSA) is 70.7 Å². The standard InChI is InChI=1S/C24H30N4O2/c1-15(2)21-17(4)25-20-13-19(18-9-7-16(3)8-10-18)26-28(20)22(21)27-12-6-11-24(5,14-27)23(29)30/h7-10,13,15H,6,11-12,14H2,1-5H3,(H,29,30). The number of nitrogens with zero attached hydrogens (tertiary/aromatic N) is 4. The van der Waals surface area contributed by atoms with Gasteiger partial charge in [0.05, 0.1) is 11.1 Å². The zero-order chi connectivity index (χ0) is 21.6. The molecule has 3 aromatic rings. The predicted octanol–water partition coefficient (Wildman–Crippen LogP) is 4.83. The van der Waals surface area contributed by atoms with Crippen molar-refractivity contribution in [3.63, 3.8) is 0 Å². The van der Waals surface area contributed by atoms with Gasteiger partial charge >= 0.3 is 5.97 Å². The zero-order valence-corrected chi connectivity index (χ0v) is 18.4. The van der Waals surface area contributed by atoms with Gasteiger partial charge in [0, 0.05) is 36.0 Å². The number of piperidine rings is 1. The second-order valence-corrected chi connectivity index (χ2v) is 9.15. The molecule has 0 amide bonds. The van der Waals surface area contributed by atoms with Crippen molar-refractivity contribution in [2.45, 2.75) is 53.4 Å². The van der Waals surface area contributed by atoms with Crippen LogP contribution in [0.15, 0.2) is 30.3 Å². The number of aromatic nitrogens is 3. The fraction of sp³-hybridized carbons (Fsp3) is 0.458. The number of aryl methyl sites for hydroxylation is 2. The number of aliphatic carboxylic acids is 1. The molecule has 0 saturated carbocycles. The molecule has 3 heterocycles. The van der Waals surface area contributed by atoms with Gasteiger partial charge in [-0.25, -0.2) is 4.98 Å². The van der Waals surface area contributed by atoms with Gasteiger partial charge in [-0.15, -0.1) is 0 Å². The molecule has 6 nitrogen and oxygen atoms in total. The van der Waals surface area contributed by atoms with Crippen molar-refractivity contribution >= 4 is 17.4 Å². The summed E-state index contributed by atoms with van der Waals surface area (Å²) < 4.78 is 1.92. The van der Waals surface area contributed by atoms with E-state index in [0.29, 0.717) is 13.0 Å². The molecule has 1 aromatic carbocycles. The van der Waals surface area contributed by atoms with Gasteiger partial charge in [0.15, 0.2) is 5.65 Å². The summed E-state index contributed by atoms with van der Waals surface area (Å²) in [6, 6.07) is 10.3. The third-order valence-electron chi connectivity index (χ3n) is 6.24. The van der Waals surface area contributed by atoms with Crippen molar-refractivity contribution in [3.8, 4) is 11.3 Å². The first kappa shape index (κ1) is 20.4. The van der Waals surface area contributed by atoms with Crippen molar-refractivity contribution < 1.29 is 9.90 Å². The quantitative estimate of drug-likeness (QED) is 0.672. The van der Waals surface area contributed by atoms with Crippen LogP contribution >= 0.6 is 0 Å². The number of hydrogen-bond acceptors (Lipinski definition) is 4. The van der Waals surface area contributed by atoms with Crippen LogP contribution < -0.4 is 4.90 Å². The molecule has 0 radical (unpaired) electrons. The van der Waals surface area contributed by atoms with E-state index in [9.17, 15) is 9.90 Å². The van der Waals surface area contributed by atoms with Gasteiger partial charge in [-0.05, 0) is 39.5 Å². The van der Waals surface area contributed by atoms with Crippen molar-refractivity contribution in [1.82, 2.24) is 14.6 Å². The summed E-state index contributed by atoms with van der Waals surface area (Å²) in [6.07, 6.45) is 1.53. The van der Waals surface area contributed by atoms with Crippen molar-refractivity contribution in [2.75, 3.05) is 18.0 Å². The molecule has 1 aliphatic heterocycles. The Kier molecular flexibility index (Phi) is 5.04. The minimum Gasteiger partial charge on any atom is -0.481 e. The van der Waals surface area contributed by atoms with E-state index < -0.39 is 11.4 Å². The molecule has 0 spiro atoms. The number of carboxylic acids is 1. The van der Waals surface area contributed by atoms with Crippen LogP contribution in [-0.4, -0.2) is 38.8 Å². The Bertz CT molecular complexity index is 1100. The van der Waals surface area contributed by atoms with Gasteiger partial charge in [0.25, 0.3) is 0 Å². The number of fused-ring (bicyclic) bond motifs is 1. The van der Waals surface area contributed by atoms with Crippen LogP contribution in [0, 0.1) is 19.3 Å². The molecule has 1 atom stereocenters. The Morgan fingerprint density at radius 1 is 1.20 bits per heavy atom. The lowest BCUT2D eigenvalue weighted by Gasteiger charge is -2.40. The summed E-state index contributed by atoms with van der Waals surface area (Å²) in [5.74, 6) is 0.501. The lowest BCUT2D eigenvalue weighted by molar-refractivity contribution is -0.148. The van der Waals surface area contributed by atoms with E-state index in [1.54, 1.807) is 0 Å². The molecule has 1 fully saturated rings. The Morgan fingerprint density at radius 3 is 2.53 bits per heavy atom. The Morgan fingerprint density at radius 2 is 1.90 bits per heavy atom. The molecule has 158 valence electrons. The highest BCUT2D eigenvalue weighted by molar-refractivity contribution is 5.76. The number of carboxylic acid groups (broad SMARTS) is 1. The summed E-state index contributed by atoms with van der Waals surface area (Å²) >= 11 is 0. The van der Waals surface area contributed by atoms with E-state index in [-0.39, 0.29) is 5.92 Å². The van der Waals surface area contributed by atoms with E-state index in [1.807, 2.05) is 24.4 Å². The van der Waals surface area contributed by atoms with Crippen molar-refractivity contribution in [1.29, 1.82) is 0 Å². The molecule has 6 heteroatoms. The number of carbonyl (C=O) groups is 1. The summed E-state index contributed by atoms with van der Waals surface area (Å²) in [5.41, 5.74) is 5.28. The Labute approximate surface area is 177 Å². The number of rotatable bonds is 4. The fourth-order valence-corrected chi connectivity index (χ4v) is 4.56. The molecular formula is C24H30N4O2. The van der Waals surface area contributed by atoms with Crippen molar-refractivity contribution in [3.05, 3.63) is 47.2 Å². The van der Waals surface area contributed by atoms with Crippen LogP contribution in [-0.2, 0) is 4.79 Å². The van der Waals surface area contributed by atoms with Crippen LogP contribution in [0.1, 0.15) is 56.4 Å². The smallest absolute Gasteiger partial charge is 0.311 e. The van der Waals surface area contributed by atoms with Gasteiger partial charge in [-0.1, -0.05) is 43.7 Å². The second kappa shape index (κ2) is 7.42. The minimum absolute atomic E-state index is 0.252. The second-order valence-electron chi connectivity index (χ2n) is 9.15. The van der Waals surface area contributed by atoms with Crippen molar-refractivity contribution in [2.24, 2.45) is 5.41 Å². The molecule has 0 bridgehead atoms. The summed E-state index contributed by atoms with van der Waals surface area (Å²) in [4.78, 5) is 19.0. The predicted molar refractivity (Wildman–Crippen MR) is 119 cm³/mol. The van der Waals surface area contributed by atoms with Gasteiger partial charge in [-0.2, -0.15) is 9.61 Å². The van der Waals surface area contributed by atoms with Gasteiger partial charge in [-0.3, -0.25) is 4.79 Å². The lowest BCUT2D eigenvalue weighted by Crippen LogP contribution is -2.47. The number of benzene rings is 1. The first-order valence-corrected chi connectivity index (χ1v) is 10.7. The Balaban J connectivity index is 1.90. The summed E-state index contributed by atoms with van der Waals surface area (Å²) in [7, 11) is 0. The fourth-order valence-electron chi connectivity index (χ4n) is 4.56. The third-order valence-corrected chi connectivity index (χ3v) is 6.24. The first-order chi connectivity index (χ1) is 14.2. The monoisotopic (exact) mass is 406 g/mol. The Hall–Kier alpha value is -2.89.